The number of aromatic amines is 1. The number of nitrogens with one attached hydrogen (secondary N) is 1. The average molecular weight is 475 g/mol. The number of hydrogen-bond acceptors (Lipinski definition) is 5. The third kappa shape index (κ3) is 3.53. The van der Waals surface area contributed by atoms with Gasteiger partial charge in [-0.1, -0.05) is 18.2 Å². The molecule has 7 nitrogen and oxygen atoms in total. The molecule has 6 rings (SSSR count). The highest BCUT2D eigenvalue weighted by Gasteiger charge is 2.51. The van der Waals surface area contributed by atoms with Crippen LogP contribution >= 0.6 is 0 Å². The van der Waals surface area contributed by atoms with Gasteiger partial charge in [0.25, 0.3) is 11.8 Å². The lowest BCUT2D eigenvalue weighted by molar-refractivity contribution is -0.0930. The van der Waals surface area contributed by atoms with Gasteiger partial charge < -0.3 is 15.6 Å². The van der Waals surface area contributed by atoms with Crippen LogP contribution in [-0.4, -0.2) is 39.9 Å². The third-order valence-corrected chi connectivity index (χ3v) is 7.34. The van der Waals surface area contributed by atoms with Gasteiger partial charge in [-0.15, -0.1) is 0 Å². The van der Waals surface area contributed by atoms with Crippen LogP contribution in [0.3, 0.4) is 0 Å². The molecule has 0 bridgehead atoms. The Labute approximate surface area is 199 Å². The largest absolute Gasteiger partial charge is 0.364 e. The van der Waals surface area contributed by atoms with E-state index in [-0.39, 0.29) is 30.0 Å². The minimum Gasteiger partial charge on any atom is -0.364 e. The Bertz CT molecular complexity index is 1550. The van der Waals surface area contributed by atoms with Crippen molar-refractivity contribution in [3.05, 3.63) is 64.6 Å². The summed E-state index contributed by atoms with van der Waals surface area (Å²) in [6, 6.07) is 12.5. The lowest BCUT2D eigenvalue weighted by Gasteiger charge is -2.32. The van der Waals surface area contributed by atoms with Crippen LogP contribution in [0, 0.1) is 11.8 Å². The van der Waals surface area contributed by atoms with E-state index in [1.807, 2.05) is 35.2 Å². The Balaban J connectivity index is 1.54. The van der Waals surface area contributed by atoms with Gasteiger partial charge in [-0.2, -0.15) is 0 Å². The molecule has 1 aliphatic heterocycles. The van der Waals surface area contributed by atoms with Crippen LogP contribution in [0.5, 0.6) is 0 Å². The van der Waals surface area contributed by atoms with Gasteiger partial charge in [0, 0.05) is 48.6 Å². The quantitative estimate of drug-likeness (QED) is 0.464. The van der Waals surface area contributed by atoms with Gasteiger partial charge in [-0.3, -0.25) is 14.6 Å². The summed E-state index contributed by atoms with van der Waals surface area (Å²) in [4.78, 5) is 38.9. The molecule has 0 unspecified atom stereocenters. The normalized spacial score (nSPS) is 21.4. The number of amides is 1. The summed E-state index contributed by atoms with van der Waals surface area (Å²) in [6.07, 6.45) is 2.63. The number of para-hydroxylation sites is 1. The first-order chi connectivity index (χ1) is 16.8. The van der Waals surface area contributed by atoms with Gasteiger partial charge in [0.1, 0.15) is 11.5 Å². The van der Waals surface area contributed by atoms with Crippen molar-refractivity contribution in [1.29, 1.82) is 0 Å². The predicted molar refractivity (Wildman–Crippen MR) is 130 cm³/mol. The number of hydrogen-bond donors (Lipinski definition) is 2. The minimum atomic E-state index is -2.69. The molecule has 178 valence electrons. The molecule has 2 fully saturated rings. The highest BCUT2D eigenvalue weighted by molar-refractivity contribution is 6.04. The van der Waals surface area contributed by atoms with Crippen molar-refractivity contribution in [2.45, 2.75) is 25.2 Å². The summed E-state index contributed by atoms with van der Waals surface area (Å²) in [7, 11) is 0. The van der Waals surface area contributed by atoms with Crippen LogP contribution < -0.4 is 16.1 Å². The van der Waals surface area contributed by atoms with Gasteiger partial charge in [-0.05, 0) is 37.0 Å². The maximum absolute atomic E-state index is 14.7. The van der Waals surface area contributed by atoms with Gasteiger partial charge in [0.2, 0.25) is 0 Å². The van der Waals surface area contributed by atoms with Gasteiger partial charge in [-0.25, -0.2) is 13.8 Å². The average Bonchev–Trinajstić information content (AvgIpc) is 3.28. The molecule has 0 radical (unpaired) electrons. The van der Waals surface area contributed by atoms with Gasteiger partial charge in [0.15, 0.2) is 5.43 Å². The van der Waals surface area contributed by atoms with Crippen molar-refractivity contribution in [2.75, 3.05) is 18.0 Å². The number of benzene rings is 1. The Morgan fingerprint density at radius 1 is 1.17 bits per heavy atom. The number of H-pyrrole nitrogens is 1. The second-order valence-electron chi connectivity index (χ2n) is 9.47. The van der Waals surface area contributed by atoms with Crippen molar-refractivity contribution < 1.29 is 13.6 Å². The van der Waals surface area contributed by atoms with Crippen molar-refractivity contribution >= 4 is 33.5 Å². The Hall–Kier alpha value is -3.88. The molecule has 35 heavy (non-hydrogen) atoms. The minimum absolute atomic E-state index is 0.0752. The molecule has 4 heterocycles. The predicted octanol–water partition coefficient (Wildman–Crippen LogP) is 4.11. The maximum Gasteiger partial charge on any atom is 0.268 e. The van der Waals surface area contributed by atoms with E-state index >= 15 is 0 Å². The van der Waals surface area contributed by atoms with Crippen molar-refractivity contribution in [3.63, 3.8) is 0 Å². The maximum atomic E-state index is 14.7. The lowest BCUT2D eigenvalue weighted by Crippen LogP contribution is -2.37. The number of carbonyl (C=O) groups is 1. The second-order valence-corrected chi connectivity index (χ2v) is 9.47. The number of pyridine rings is 3. The fraction of sp³-hybridized carbons (Fsp3) is 0.308. The number of anilines is 1. The van der Waals surface area contributed by atoms with E-state index in [2.05, 4.69) is 9.97 Å². The first-order valence-corrected chi connectivity index (χ1v) is 11.7. The topological polar surface area (TPSA) is 105 Å². The zero-order valence-electron chi connectivity index (χ0n) is 18.8. The zero-order chi connectivity index (χ0) is 24.3. The van der Waals surface area contributed by atoms with Crippen molar-refractivity contribution in [3.8, 4) is 11.3 Å². The fourth-order valence-corrected chi connectivity index (χ4v) is 5.68. The number of halogens is 2. The molecule has 1 aromatic carbocycles. The standard InChI is InChI=1S/C26H23F2N5O2/c27-26(28)8-3-5-15-12-33(13-17(15)26)25-16(10-14-4-1-2-6-18(14)32-25)20-11-21(34)22-19(31-20)7-9-30-23(22)24(29)35/h1-2,4,6-7,9-11,15,17H,3,5,8,12-13H2,(H2,29,35)(H,31,34)/t15-,17+/m0/s1. The second kappa shape index (κ2) is 7.83. The summed E-state index contributed by atoms with van der Waals surface area (Å²) in [5.74, 6) is -3.73. The van der Waals surface area contributed by atoms with Crippen molar-refractivity contribution in [2.24, 2.45) is 17.6 Å². The number of aromatic nitrogens is 3. The Kier molecular flexibility index (Phi) is 4.84. The van der Waals surface area contributed by atoms with Crippen LogP contribution in [0.2, 0.25) is 0 Å². The van der Waals surface area contributed by atoms with Crippen LogP contribution in [-0.2, 0) is 0 Å². The highest BCUT2D eigenvalue weighted by Crippen LogP contribution is 2.47. The third-order valence-electron chi connectivity index (χ3n) is 7.34. The van der Waals surface area contributed by atoms with E-state index in [0.717, 1.165) is 17.3 Å². The smallest absolute Gasteiger partial charge is 0.268 e. The molecule has 4 aromatic rings. The number of alkyl halides is 2. The molecule has 1 saturated heterocycles. The molecular weight excluding hydrogens is 452 g/mol. The van der Waals surface area contributed by atoms with Gasteiger partial charge in [0.05, 0.1) is 22.1 Å². The van der Waals surface area contributed by atoms with Gasteiger partial charge >= 0.3 is 0 Å². The molecule has 2 aliphatic rings. The molecule has 1 aliphatic carbocycles. The van der Waals surface area contributed by atoms with Crippen LogP contribution in [0.1, 0.15) is 29.8 Å². The first-order valence-electron chi connectivity index (χ1n) is 11.7. The molecule has 3 aromatic heterocycles. The van der Waals surface area contributed by atoms with E-state index in [9.17, 15) is 18.4 Å². The number of fused-ring (bicyclic) bond motifs is 3. The Morgan fingerprint density at radius 2 is 2.00 bits per heavy atom. The molecular formula is C26H23F2N5O2. The van der Waals surface area contributed by atoms with Crippen LogP contribution in [0.4, 0.5) is 14.6 Å². The van der Waals surface area contributed by atoms with Crippen LogP contribution in [0.15, 0.2) is 53.5 Å². The van der Waals surface area contributed by atoms with Crippen LogP contribution in [0.25, 0.3) is 33.1 Å². The SMILES string of the molecule is NC(=O)c1nccc2[nH]c(-c3cc4ccccc4nc3N3C[C@@H]4CCCC(F)(F)[C@@H]4C3)cc(=O)c12. The number of carbonyl (C=O) groups excluding carboxylic acids is 1. The summed E-state index contributed by atoms with van der Waals surface area (Å²) < 4.78 is 29.4. The van der Waals surface area contributed by atoms with E-state index in [1.165, 1.54) is 12.3 Å². The molecule has 9 heteroatoms. The summed E-state index contributed by atoms with van der Waals surface area (Å²) in [5, 5.41) is 0.979. The number of rotatable bonds is 3. The number of primary amides is 1. The van der Waals surface area contributed by atoms with E-state index in [1.54, 1.807) is 6.07 Å². The van der Waals surface area contributed by atoms with Crippen molar-refractivity contribution in [1.82, 2.24) is 15.0 Å². The zero-order valence-corrected chi connectivity index (χ0v) is 18.8. The monoisotopic (exact) mass is 475 g/mol. The molecule has 0 spiro atoms. The summed E-state index contributed by atoms with van der Waals surface area (Å²) in [5.41, 5.74) is 7.20. The molecule has 2 atom stereocenters. The Morgan fingerprint density at radius 3 is 2.80 bits per heavy atom. The number of nitrogens with zero attached hydrogens (tertiary/aromatic N) is 3. The molecule has 3 N–H and O–H groups in total. The van der Waals surface area contributed by atoms with E-state index < -0.39 is 23.2 Å². The first kappa shape index (κ1) is 21.6. The highest BCUT2D eigenvalue weighted by atomic mass is 19.3. The number of nitrogens with two attached hydrogens (primary N) is 1. The summed E-state index contributed by atoms with van der Waals surface area (Å²) in [6.45, 7) is 0.704. The summed E-state index contributed by atoms with van der Waals surface area (Å²) >= 11 is 0. The fourth-order valence-electron chi connectivity index (χ4n) is 5.68. The molecule has 1 saturated carbocycles. The van der Waals surface area contributed by atoms with E-state index in [0.29, 0.717) is 35.6 Å². The lowest BCUT2D eigenvalue weighted by atomic mass is 9.79. The van der Waals surface area contributed by atoms with E-state index in [4.69, 9.17) is 10.7 Å². The molecule has 1 amide bonds.